The standard InChI is InChI=1S/C10H12N4S/c11-8-2-1-3-9-10(8)12-13-14(9)7-4-5-15-6-7/h1-3,7H,4-6,11H2. The van der Waals surface area contributed by atoms with Crippen LogP contribution < -0.4 is 5.73 Å². The highest BCUT2D eigenvalue weighted by atomic mass is 32.2. The Bertz CT molecular complexity index is 487. The largest absolute Gasteiger partial charge is 0.397 e. The van der Waals surface area contributed by atoms with Gasteiger partial charge in [-0.25, -0.2) is 4.68 Å². The van der Waals surface area contributed by atoms with E-state index in [0.29, 0.717) is 11.7 Å². The fraction of sp³-hybridized carbons (Fsp3) is 0.400. The van der Waals surface area contributed by atoms with E-state index in [-0.39, 0.29) is 0 Å². The molecular formula is C10H12N4S. The zero-order valence-electron chi connectivity index (χ0n) is 8.26. The highest BCUT2D eigenvalue weighted by Crippen LogP contribution is 2.30. The van der Waals surface area contributed by atoms with E-state index in [2.05, 4.69) is 10.3 Å². The molecular weight excluding hydrogens is 208 g/mol. The monoisotopic (exact) mass is 220 g/mol. The number of nitrogens with zero attached hydrogens (tertiary/aromatic N) is 3. The third-order valence-corrected chi connectivity index (χ3v) is 3.93. The third-order valence-electron chi connectivity index (χ3n) is 2.79. The topological polar surface area (TPSA) is 56.7 Å². The summed E-state index contributed by atoms with van der Waals surface area (Å²) in [6, 6.07) is 6.35. The van der Waals surface area contributed by atoms with E-state index in [0.717, 1.165) is 16.8 Å². The lowest BCUT2D eigenvalue weighted by atomic mass is 10.2. The molecule has 1 unspecified atom stereocenters. The Balaban J connectivity index is 2.15. The first-order chi connectivity index (χ1) is 7.36. The van der Waals surface area contributed by atoms with Crippen molar-refractivity contribution in [2.75, 3.05) is 17.2 Å². The molecule has 1 aliphatic rings. The van der Waals surface area contributed by atoms with Crippen LogP contribution in [-0.4, -0.2) is 26.5 Å². The van der Waals surface area contributed by atoms with Crippen molar-refractivity contribution in [2.45, 2.75) is 12.5 Å². The summed E-state index contributed by atoms with van der Waals surface area (Å²) in [5.41, 5.74) is 8.45. The minimum Gasteiger partial charge on any atom is -0.397 e. The maximum absolute atomic E-state index is 5.85. The van der Waals surface area contributed by atoms with Crippen LogP contribution in [0.5, 0.6) is 0 Å². The number of aromatic nitrogens is 3. The molecule has 1 aromatic carbocycles. The highest BCUT2D eigenvalue weighted by Gasteiger charge is 2.20. The zero-order chi connectivity index (χ0) is 10.3. The van der Waals surface area contributed by atoms with Crippen molar-refractivity contribution in [1.82, 2.24) is 15.0 Å². The quantitative estimate of drug-likeness (QED) is 0.743. The molecule has 0 amide bonds. The molecule has 2 aromatic rings. The molecule has 1 atom stereocenters. The van der Waals surface area contributed by atoms with Crippen LogP contribution in [0.1, 0.15) is 12.5 Å². The van der Waals surface area contributed by atoms with E-state index in [4.69, 9.17) is 5.73 Å². The molecule has 0 aliphatic carbocycles. The molecule has 0 spiro atoms. The van der Waals surface area contributed by atoms with Crippen LogP contribution in [0.15, 0.2) is 18.2 Å². The summed E-state index contributed by atoms with van der Waals surface area (Å²) in [7, 11) is 0. The predicted molar refractivity (Wildman–Crippen MR) is 62.9 cm³/mol. The number of rotatable bonds is 1. The fourth-order valence-corrected chi connectivity index (χ4v) is 3.15. The lowest BCUT2D eigenvalue weighted by Gasteiger charge is -2.08. The van der Waals surface area contributed by atoms with E-state index < -0.39 is 0 Å². The summed E-state index contributed by atoms with van der Waals surface area (Å²) in [6.07, 6.45) is 1.18. The van der Waals surface area contributed by atoms with Gasteiger partial charge >= 0.3 is 0 Å². The average molecular weight is 220 g/mol. The Kier molecular flexibility index (Phi) is 2.05. The van der Waals surface area contributed by atoms with Gasteiger partial charge in [0.15, 0.2) is 0 Å². The molecule has 0 radical (unpaired) electrons. The molecule has 1 saturated heterocycles. The summed E-state index contributed by atoms with van der Waals surface area (Å²) in [4.78, 5) is 0. The number of nitrogens with two attached hydrogens (primary N) is 1. The Morgan fingerprint density at radius 3 is 3.20 bits per heavy atom. The molecule has 78 valence electrons. The van der Waals surface area contributed by atoms with Crippen LogP contribution in [-0.2, 0) is 0 Å². The predicted octanol–water partition coefficient (Wildman–Crippen LogP) is 1.69. The zero-order valence-corrected chi connectivity index (χ0v) is 9.07. The summed E-state index contributed by atoms with van der Waals surface area (Å²) in [5.74, 6) is 2.35. The number of hydrogen-bond acceptors (Lipinski definition) is 4. The van der Waals surface area contributed by atoms with E-state index in [1.54, 1.807) is 0 Å². The normalized spacial score (nSPS) is 21.2. The van der Waals surface area contributed by atoms with Crippen LogP contribution in [0.2, 0.25) is 0 Å². The maximum Gasteiger partial charge on any atom is 0.136 e. The smallest absolute Gasteiger partial charge is 0.136 e. The number of nitrogen functional groups attached to an aromatic ring is 1. The van der Waals surface area contributed by atoms with Gasteiger partial charge in [0.1, 0.15) is 5.52 Å². The summed E-state index contributed by atoms with van der Waals surface area (Å²) in [5, 5.41) is 8.35. The molecule has 15 heavy (non-hydrogen) atoms. The molecule has 1 aromatic heterocycles. The van der Waals surface area contributed by atoms with Crippen LogP contribution in [0.25, 0.3) is 11.0 Å². The van der Waals surface area contributed by atoms with Gasteiger partial charge in [0.25, 0.3) is 0 Å². The van der Waals surface area contributed by atoms with Gasteiger partial charge in [-0.2, -0.15) is 11.8 Å². The number of benzene rings is 1. The Morgan fingerprint density at radius 1 is 1.47 bits per heavy atom. The highest BCUT2D eigenvalue weighted by molar-refractivity contribution is 7.99. The van der Waals surface area contributed by atoms with Crippen molar-refractivity contribution in [3.63, 3.8) is 0 Å². The van der Waals surface area contributed by atoms with Crippen molar-refractivity contribution in [1.29, 1.82) is 0 Å². The SMILES string of the molecule is Nc1cccc2c1nnn2C1CCSC1. The molecule has 5 heteroatoms. The minimum atomic E-state index is 0.488. The van der Waals surface area contributed by atoms with Crippen LogP contribution in [0.3, 0.4) is 0 Å². The van der Waals surface area contributed by atoms with Crippen molar-refractivity contribution >= 4 is 28.5 Å². The second-order valence-electron chi connectivity index (χ2n) is 3.77. The summed E-state index contributed by atoms with van der Waals surface area (Å²) in [6.45, 7) is 0. The minimum absolute atomic E-state index is 0.488. The summed E-state index contributed by atoms with van der Waals surface area (Å²) < 4.78 is 2.02. The second-order valence-corrected chi connectivity index (χ2v) is 4.92. The van der Waals surface area contributed by atoms with Crippen molar-refractivity contribution < 1.29 is 0 Å². The Morgan fingerprint density at radius 2 is 2.40 bits per heavy atom. The number of fused-ring (bicyclic) bond motifs is 1. The molecule has 0 saturated carbocycles. The van der Waals surface area contributed by atoms with Crippen molar-refractivity contribution in [3.05, 3.63) is 18.2 Å². The van der Waals surface area contributed by atoms with E-state index in [1.165, 1.54) is 12.2 Å². The molecule has 0 bridgehead atoms. The van der Waals surface area contributed by atoms with Crippen LogP contribution in [0.4, 0.5) is 5.69 Å². The first kappa shape index (κ1) is 9.03. The van der Waals surface area contributed by atoms with Crippen LogP contribution >= 0.6 is 11.8 Å². The van der Waals surface area contributed by atoms with Gasteiger partial charge < -0.3 is 5.73 Å². The number of anilines is 1. The van der Waals surface area contributed by atoms with Gasteiger partial charge in [0, 0.05) is 5.75 Å². The van der Waals surface area contributed by atoms with E-state index >= 15 is 0 Å². The van der Waals surface area contributed by atoms with E-state index in [1.807, 2.05) is 34.6 Å². The second kappa shape index (κ2) is 3.41. The number of hydrogen-bond donors (Lipinski definition) is 1. The van der Waals surface area contributed by atoms with Crippen molar-refractivity contribution in [2.24, 2.45) is 0 Å². The third kappa shape index (κ3) is 1.38. The van der Waals surface area contributed by atoms with Gasteiger partial charge in [0.2, 0.25) is 0 Å². The first-order valence-electron chi connectivity index (χ1n) is 5.03. The molecule has 1 aliphatic heterocycles. The van der Waals surface area contributed by atoms with Crippen molar-refractivity contribution in [3.8, 4) is 0 Å². The van der Waals surface area contributed by atoms with Gasteiger partial charge in [-0.05, 0) is 24.3 Å². The van der Waals surface area contributed by atoms with Crippen LogP contribution in [0, 0.1) is 0 Å². The van der Waals surface area contributed by atoms with Gasteiger partial charge in [-0.3, -0.25) is 0 Å². The fourth-order valence-electron chi connectivity index (χ4n) is 1.97. The molecule has 2 heterocycles. The molecule has 2 N–H and O–H groups in total. The lowest BCUT2D eigenvalue weighted by molar-refractivity contribution is 0.501. The first-order valence-corrected chi connectivity index (χ1v) is 6.19. The molecule has 1 fully saturated rings. The van der Waals surface area contributed by atoms with E-state index in [9.17, 15) is 0 Å². The Labute approximate surface area is 91.8 Å². The molecule has 4 nitrogen and oxygen atoms in total. The maximum atomic E-state index is 5.85. The molecule has 3 rings (SSSR count). The summed E-state index contributed by atoms with van der Waals surface area (Å²) >= 11 is 1.97. The number of thioether (sulfide) groups is 1. The average Bonchev–Trinajstić information content (AvgIpc) is 2.85. The van der Waals surface area contributed by atoms with Gasteiger partial charge in [-0.15, -0.1) is 5.10 Å². The van der Waals surface area contributed by atoms with Gasteiger partial charge in [-0.1, -0.05) is 11.3 Å². The Hall–Kier alpha value is -1.23. The lowest BCUT2D eigenvalue weighted by Crippen LogP contribution is -2.09. The van der Waals surface area contributed by atoms with Gasteiger partial charge in [0.05, 0.1) is 17.2 Å².